The van der Waals surface area contributed by atoms with Crippen LogP contribution in [-0.4, -0.2) is 66.5 Å². The lowest BCUT2D eigenvalue weighted by atomic mass is 9.72. The predicted octanol–water partition coefficient (Wildman–Crippen LogP) is 4.22. The third kappa shape index (κ3) is 5.71. The van der Waals surface area contributed by atoms with Gasteiger partial charge in [-0.2, -0.15) is 18.5 Å². The summed E-state index contributed by atoms with van der Waals surface area (Å²) in [5.41, 5.74) is 3.11. The van der Waals surface area contributed by atoms with Gasteiger partial charge < -0.3 is 5.32 Å². The molecule has 1 aliphatic carbocycles. The van der Waals surface area contributed by atoms with Crippen molar-refractivity contribution in [1.29, 1.82) is 0 Å². The first-order valence-corrected chi connectivity index (χ1v) is 15.0. The minimum Gasteiger partial charge on any atom is -0.311 e. The van der Waals surface area contributed by atoms with Crippen LogP contribution in [0.4, 0.5) is 13.2 Å². The number of hydrazine groups is 1. The van der Waals surface area contributed by atoms with Gasteiger partial charge in [0.2, 0.25) is 0 Å². The van der Waals surface area contributed by atoms with Crippen molar-refractivity contribution >= 4 is 11.6 Å². The summed E-state index contributed by atoms with van der Waals surface area (Å²) in [5.74, 6) is -0.172. The number of aromatic nitrogens is 6. The van der Waals surface area contributed by atoms with Crippen LogP contribution in [0.5, 0.6) is 0 Å². The summed E-state index contributed by atoms with van der Waals surface area (Å²) >= 11 is 6.11. The highest BCUT2D eigenvalue weighted by Crippen LogP contribution is 2.42. The third-order valence-corrected chi connectivity index (χ3v) is 9.56. The SMILES string of the molecule is C[C@@H]1CCC[C@H](n2cnc(-c3c(-n4cnnn4)ccc(Cl)c3F)cc2=O)C2CCCC(C2)C2C(CNN2C(F)F)NC1. The van der Waals surface area contributed by atoms with E-state index < -0.39 is 12.4 Å². The molecule has 6 rings (SSSR count). The van der Waals surface area contributed by atoms with E-state index in [1.54, 1.807) is 10.6 Å². The van der Waals surface area contributed by atoms with Crippen LogP contribution in [-0.2, 0) is 0 Å². The molecule has 6 atom stereocenters. The number of halogens is 4. The van der Waals surface area contributed by atoms with E-state index in [2.05, 4.69) is 38.2 Å². The molecular weight excluding hydrogens is 571 g/mol. The van der Waals surface area contributed by atoms with Gasteiger partial charge in [-0.3, -0.25) is 9.36 Å². The Morgan fingerprint density at radius 2 is 1.88 bits per heavy atom. The van der Waals surface area contributed by atoms with Crippen molar-refractivity contribution in [2.24, 2.45) is 17.8 Å². The lowest BCUT2D eigenvalue weighted by Gasteiger charge is -2.41. The minimum atomic E-state index is -2.59. The van der Waals surface area contributed by atoms with Crippen LogP contribution < -0.4 is 16.3 Å². The van der Waals surface area contributed by atoms with Crippen molar-refractivity contribution in [1.82, 2.24) is 45.5 Å². The maximum Gasteiger partial charge on any atom is 0.307 e. The van der Waals surface area contributed by atoms with Gasteiger partial charge in [-0.15, -0.1) is 5.10 Å². The minimum absolute atomic E-state index is 0.0312. The quantitative estimate of drug-likeness (QED) is 0.426. The zero-order valence-electron chi connectivity index (χ0n) is 23.3. The average molecular weight is 606 g/mol. The maximum atomic E-state index is 15.3. The Hall–Kier alpha value is -2.87. The Kier molecular flexibility index (Phi) is 8.62. The Balaban J connectivity index is 1.35. The van der Waals surface area contributed by atoms with Gasteiger partial charge in [0.15, 0.2) is 5.82 Å². The molecular formula is C28H35ClF3N9O. The van der Waals surface area contributed by atoms with E-state index in [0.717, 1.165) is 56.5 Å². The first-order chi connectivity index (χ1) is 20.3. The van der Waals surface area contributed by atoms with Gasteiger partial charge in [-0.25, -0.2) is 14.8 Å². The number of rotatable bonds is 4. The Labute approximate surface area is 246 Å². The van der Waals surface area contributed by atoms with Gasteiger partial charge in [0.1, 0.15) is 6.33 Å². The van der Waals surface area contributed by atoms with E-state index >= 15 is 4.39 Å². The zero-order chi connectivity index (χ0) is 29.4. The molecule has 2 aromatic heterocycles. The van der Waals surface area contributed by atoms with Crippen molar-refractivity contribution in [3.63, 3.8) is 0 Å². The van der Waals surface area contributed by atoms with E-state index in [4.69, 9.17) is 11.6 Å². The summed E-state index contributed by atoms with van der Waals surface area (Å²) in [6.45, 7) is 0.810. The van der Waals surface area contributed by atoms with Crippen molar-refractivity contribution in [2.45, 2.75) is 76.5 Å². The lowest BCUT2D eigenvalue weighted by Crippen LogP contribution is -2.52. The van der Waals surface area contributed by atoms with Crippen molar-refractivity contribution in [3.05, 3.63) is 52.0 Å². The molecule has 1 saturated carbocycles. The lowest BCUT2D eigenvalue weighted by molar-refractivity contribution is -0.0857. The summed E-state index contributed by atoms with van der Waals surface area (Å²) in [6, 6.07) is 3.78. The second-order valence-electron chi connectivity index (χ2n) is 11.9. The highest BCUT2D eigenvalue weighted by atomic mass is 35.5. The second kappa shape index (κ2) is 12.4. The van der Waals surface area contributed by atoms with Gasteiger partial charge in [0.25, 0.3) is 5.56 Å². The van der Waals surface area contributed by atoms with Crippen LogP contribution in [0.25, 0.3) is 16.9 Å². The summed E-state index contributed by atoms with van der Waals surface area (Å²) in [6.07, 6.45) is 8.90. The highest BCUT2D eigenvalue weighted by Gasteiger charge is 2.45. The fourth-order valence-corrected chi connectivity index (χ4v) is 7.43. The molecule has 0 spiro atoms. The van der Waals surface area contributed by atoms with Gasteiger partial charge in [0.05, 0.1) is 28.3 Å². The topological polar surface area (TPSA) is 106 Å². The standard InChI is InChI=1S/C28H35ClF3N9O/c1-16-4-2-7-22(17-5-3-6-18(10-17)27-21(33-12-16)13-36-41(27)28(31)32)39-14-34-20(11-24(39)42)25-23(40-15-35-37-38-40)9-8-19(29)26(25)30/h8-9,11,14-18,21-22,27-28,33,36H,2-7,10,12-13H2,1H3/t16-,17?,18?,21?,22+,27?/m1/s1. The van der Waals surface area contributed by atoms with E-state index in [1.165, 1.54) is 29.5 Å². The number of tetrazole rings is 1. The van der Waals surface area contributed by atoms with Crippen LogP contribution in [0.1, 0.15) is 57.9 Å². The molecule has 2 bridgehead atoms. The van der Waals surface area contributed by atoms with Crippen LogP contribution >= 0.6 is 11.6 Å². The van der Waals surface area contributed by atoms with E-state index in [1.807, 2.05) is 0 Å². The molecule has 10 nitrogen and oxygen atoms in total. The Morgan fingerprint density at radius 1 is 1.07 bits per heavy atom. The summed E-state index contributed by atoms with van der Waals surface area (Å²) < 4.78 is 46.4. The van der Waals surface area contributed by atoms with Crippen molar-refractivity contribution in [2.75, 3.05) is 13.1 Å². The normalized spacial score (nSPS) is 29.2. The number of nitrogens with zero attached hydrogens (tertiary/aromatic N) is 7. The maximum absolute atomic E-state index is 15.3. The van der Waals surface area contributed by atoms with Crippen LogP contribution in [0, 0.1) is 23.6 Å². The molecule has 4 unspecified atom stereocenters. The molecule has 14 heteroatoms. The number of fused-ring (bicyclic) bond motifs is 4. The van der Waals surface area contributed by atoms with Gasteiger partial charge in [0, 0.05) is 30.7 Å². The fourth-order valence-electron chi connectivity index (χ4n) is 7.27. The summed E-state index contributed by atoms with van der Waals surface area (Å²) in [7, 11) is 0. The smallest absolute Gasteiger partial charge is 0.307 e. The third-order valence-electron chi connectivity index (χ3n) is 9.26. The summed E-state index contributed by atoms with van der Waals surface area (Å²) in [5, 5.41) is 15.7. The first kappa shape index (κ1) is 29.2. The highest BCUT2D eigenvalue weighted by molar-refractivity contribution is 6.31. The zero-order valence-corrected chi connectivity index (χ0v) is 24.1. The number of hydrogen-bond acceptors (Lipinski definition) is 8. The summed E-state index contributed by atoms with van der Waals surface area (Å²) in [4.78, 5) is 18.3. The largest absolute Gasteiger partial charge is 0.311 e. The van der Waals surface area contributed by atoms with Crippen LogP contribution in [0.15, 0.2) is 35.6 Å². The molecule has 3 aliphatic rings. The molecule has 2 saturated heterocycles. The fraction of sp³-hybridized carbons (Fsp3) is 0.607. The molecule has 2 N–H and O–H groups in total. The van der Waals surface area contributed by atoms with Crippen molar-refractivity contribution < 1.29 is 13.2 Å². The predicted molar refractivity (Wildman–Crippen MR) is 151 cm³/mol. The first-order valence-electron chi connectivity index (χ1n) is 14.6. The van der Waals surface area contributed by atoms with Crippen molar-refractivity contribution in [3.8, 4) is 16.9 Å². The van der Waals surface area contributed by atoms with Crippen LogP contribution in [0.2, 0.25) is 5.02 Å². The molecule has 226 valence electrons. The van der Waals surface area contributed by atoms with Gasteiger partial charge in [-0.05, 0) is 79.0 Å². The van der Waals surface area contributed by atoms with E-state index in [9.17, 15) is 13.6 Å². The Bertz CT molecular complexity index is 1440. The average Bonchev–Trinajstić information content (AvgIpc) is 3.66. The van der Waals surface area contributed by atoms with Gasteiger partial charge >= 0.3 is 6.55 Å². The molecule has 0 radical (unpaired) electrons. The van der Waals surface area contributed by atoms with E-state index in [-0.39, 0.29) is 51.8 Å². The monoisotopic (exact) mass is 605 g/mol. The molecule has 3 aromatic rings. The second-order valence-corrected chi connectivity index (χ2v) is 12.3. The number of alkyl halides is 2. The van der Waals surface area contributed by atoms with Gasteiger partial charge in [-0.1, -0.05) is 31.4 Å². The molecule has 0 amide bonds. The number of hydrogen-bond donors (Lipinski definition) is 2. The number of nitrogens with one attached hydrogen (secondary N) is 2. The number of benzene rings is 1. The molecule has 3 fully saturated rings. The van der Waals surface area contributed by atoms with Crippen LogP contribution in [0.3, 0.4) is 0 Å². The van der Waals surface area contributed by atoms with E-state index in [0.29, 0.717) is 18.2 Å². The molecule has 4 heterocycles. The Morgan fingerprint density at radius 3 is 2.64 bits per heavy atom. The molecule has 2 aliphatic heterocycles. The molecule has 1 aromatic carbocycles. The molecule has 42 heavy (non-hydrogen) atoms.